The molecule has 0 aliphatic carbocycles. The van der Waals surface area contributed by atoms with Crippen LogP contribution in [0.5, 0.6) is 0 Å². The number of hydrogen-bond acceptors (Lipinski definition) is 3. The van der Waals surface area contributed by atoms with E-state index >= 15 is 0 Å². The number of aromatic nitrogens is 2. The predicted octanol–water partition coefficient (Wildman–Crippen LogP) is 1.84. The van der Waals surface area contributed by atoms with Crippen molar-refractivity contribution >= 4 is 6.03 Å². The third kappa shape index (κ3) is 5.41. The van der Waals surface area contributed by atoms with Crippen molar-refractivity contribution in [1.29, 1.82) is 0 Å². The molecule has 0 radical (unpaired) electrons. The molecule has 0 aliphatic rings. The van der Waals surface area contributed by atoms with Gasteiger partial charge >= 0.3 is 6.03 Å². The van der Waals surface area contributed by atoms with E-state index in [-0.39, 0.29) is 6.03 Å². The topological polar surface area (TPSA) is 70.4 Å². The standard InChI is InChI=1S/C17H24N4O2/c1-14(22)8-10-20(2)17(23)19-12-16-18-9-11-21(16)13-15-6-4-3-5-7-15/h3-7,9,11,14,22H,8,10,12-13H2,1-2H3,(H,19,23). The van der Waals surface area contributed by atoms with E-state index in [4.69, 9.17) is 0 Å². The molecular weight excluding hydrogens is 292 g/mol. The minimum absolute atomic E-state index is 0.167. The van der Waals surface area contributed by atoms with Crippen LogP contribution in [0.4, 0.5) is 4.79 Å². The van der Waals surface area contributed by atoms with Gasteiger partial charge in [-0.1, -0.05) is 30.3 Å². The minimum atomic E-state index is -0.407. The SMILES string of the molecule is CC(O)CCN(C)C(=O)NCc1nccn1Cc1ccccc1. The zero-order valence-corrected chi connectivity index (χ0v) is 13.6. The summed E-state index contributed by atoms with van der Waals surface area (Å²) >= 11 is 0. The highest BCUT2D eigenvalue weighted by Gasteiger charge is 2.11. The van der Waals surface area contributed by atoms with Crippen molar-refractivity contribution in [1.82, 2.24) is 19.8 Å². The number of carbonyl (C=O) groups excluding carboxylic acids is 1. The Morgan fingerprint density at radius 1 is 1.39 bits per heavy atom. The largest absolute Gasteiger partial charge is 0.393 e. The summed E-state index contributed by atoms with van der Waals surface area (Å²) in [5, 5.41) is 12.1. The molecule has 0 aliphatic heterocycles. The van der Waals surface area contributed by atoms with Gasteiger partial charge in [0.2, 0.25) is 0 Å². The van der Waals surface area contributed by atoms with E-state index in [1.165, 1.54) is 5.56 Å². The summed E-state index contributed by atoms with van der Waals surface area (Å²) in [5.74, 6) is 0.811. The molecule has 6 nitrogen and oxygen atoms in total. The van der Waals surface area contributed by atoms with Crippen molar-refractivity contribution in [2.75, 3.05) is 13.6 Å². The first kappa shape index (κ1) is 17.0. The van der Waals surface area contributed by atoms with Gasteiger partial charge in [0.1, 0.15) is 5.82 Å². The molecule has 0 spiro atoms. The van der Waals surface area contributed by atoms with Crippen LogP contribution < -0.4 is 5.32 Å². The molecule has 0 saturated carbocycles. The van der Waals surface area contributed by atoms with Crippen LogP contribution in [-0.2, 0) is 13.1 Å². The Kier molecular flexibility index (Phi) is 6.17. The lowest BCUT2D eigenvalue weighted by Crippen LogP contribution is -2.38. The van der Waals surface area contributed by atoms with E-state index < -0.39 is 6.10 Å². The van der Waals surface area contributed by atoms with E-state index in [2.05, 4.69) is 22.4 Å². The summed E-state index contributed by atoms with van der Waals surface area (Å²) in [6, 6.07) is 9.95. The van der Waals surface area contributed by atoms with Gasteiger partial charge in [0.25, 0.3) is 0 Å². The van der Waals surface area contributed by atoms with Gasteiger partial charge in [0.05, 0.1) is 12.6 Å². The molecule has 1 aromatic carbocycles. The lowest BCUT2D eigenvalue weighted by Gasteiger charge is -2.18. The van der Waals surface area contributed by atoms with Crippen LogP contribution in [0.2, 0.25) is 0 Å². The Balaban J connectivity index is 1.87. The number of aliphatic hydroxyl groups is 1. The minimum Gasteiger partial charge on any atom is -0.393 e. The van der Waals surface area contributed by atoms with Gasteiger partial charge in [-0.2, -0.15) is 0 Å². The van der Waals surface area contributed by atoms with Crippen molar-refractivity contribution in [2.24, 2.45) is 0 Å². The second-order valence-corrected chi connectivity index (χ2v) is 5.67. The molecule has 1 heterocycles. The monoisotopic (exact) mass is 316 g/mol. The van der Waals surface area contributed by atoms with Gasteiger partial charge in [-0.05, 0) is 18.9 Å². The number of aliphatic hydroxyl groups excluding tert-OH is 1. The summed E-state index contributed by atoms with van der Waals surface area (Å²) in [5.41, 5.74) is 1.19. The Hall–Kier alpha value is -2.34. The lowest BCUT2D eigenvalue weighted by molar-refractivity contribution is 0.163. The summed E-state index contributed by atoms with van der Waals surface area (Å²) in [4.78, 5) is 17.9. The van der Waals surface area contributed by atoms with Crippen molar-refractivity contribution in [3.8, 4) is 0 Å². The third-order valence-corrected chi connectivity index (χ3v) is 3.62. The summed E-state index contributed by atoms with van der Waals surface area (Å²) < 4.78 is 2.02. The Labute approximate surface area is 136 Å². The molecule has 2 aromatic rings. The van der Waals surface area contributed by atoms with Crippen LogP contribution in [0, 0.1) is 0 Å². The number of nitrogens with one attached hydrogen (secondary N) is 1. The van der Waals surface area contributed by atoms with Crippen molar-refractivity contribution in [3.63, 3.8) is 0 Å². The molecule has 1 atom stereocenters. The highest BCUT2D eigenvalue weighted by molar-refractivity contribution is 5.73. The molecule has 1 aromatic heterocycles. The number of rotatable bonds is 7. The van der Waals surface area contributed by atoms with Crippen molar-refractivity contribution in [3.05, 3.63) is 54.1 Å². The fourth-order valence-corrected chi connectivity index (χ4v) is 2.20. The van der Waals surface area contributed by atoms with Crippen LogP contribution in [0.15, 0.2) is 42.7 Å². The second kappa shape index (κ2) is 8.33. The van der Waals surface area contributed by atoms with Crippen LogP contribution in [0.1, 0.15) is 24.7 Å². The first-order valence-electron chi connectivity index (χ1n) is 7.77. The molecule has 23 heavy (non-hydrogen) atoms. The highest BCUT2D eigenvalue weighted by Crippen LogP contribution is 2.05. The van der Waals surface area contributed by atoms with Crippen LogP contribution in [-0.4, -0.2) is 45.3 Å². The third-order valence-electron chi connectivity index (χ3n) is 3.62. The zero-order valence-electron chi connectivity index (χ0n) is 13.6. The van der Waals surface area contributed by atoms with E-state index in [1.54, 1.807) is 25.1 Å². The summed E-state index contributed by atoms with van der Waals surface area (Å²) in [6.45, 7) is 3.33. The number of hydrogen-bond donors (Lipinski definition) is 2. The molecule has 0 saturated heterocycles. The van der Waals surface area contributed by atoms with Gasteiger partial charge in [-0.25, -0.2) is 9.78 Å². The number of urea groups is 1. The van der Waals surface area contributed by atoms with Gasteiger partial charge in [-0.15, -0.1) is 0 Å². The lowest BCUT2D eigenvalue weighted by atomic mass is 10.2. The quantitative estimate of drug-likeness (QED) is 0.819. The average Bonchev–Trinajstić information content (AvgIpc) is 2.98. The fraction of sp³-hybridized carbons (Fsp3) is 0.412. The molecule has 2 rings (SSSR count). The molecule has 0 fully saturated rings. The van der Waals surface area contributed by atoms with Gasteiger partial charge in [0, 0.05) is 32.5 Å². The van der Waals surface area contributed by atoms with Gasteiger partial charge in [0.15, 0.2) is 0 Å². The summed E-state index contributed by atoms with van der Waals surface area (Å²) in [6.07, 6.45) is 3.80. The molecule has 1 unspecified atom stereocenters. The van der Waals surface area contributed by atoms with Crippen molar-refractivity contribution < 1.29 is 9.90 Å². The Morgan fingerprint density at radius 3 is 2.83 bits per heavy atom. The predicted molar refractivity (Wildman–Crippen MR) is 88.9 cm³/mol. The fourth-order valence-electron chi connectivity index (χ4n) is 2.20. The molecular formula is C17H24N4O2. The van der Waals surface area contributed by atoms with E-state index in [0.29, 0.717) is 19.5 Å². The maximum atomic E-state index is 12.0. The first-order valence-corrected chi connectivity index (χ1v) is 7.77. The maximum Gasteiger partial charge on any atom is 0.317 e. The number of amides is 2. The van der Waals surface area contributed by atoms with E-state index in [0.717, 1.165) is 12.4 Å². The Bertz CT molecular complexity index is 610. The first-order chi connectivity index (χ1) is 11.1. The molecule has 0 bridgehead atoms. The maximum absolute atomic E-state index is 12.0. The Morgan fingerprint density at radius 2 is 2.13 bits per heavy atom. The van der Waals surface area contributed by atoms with E-state index in [9.17, 15) is 9.90 Å². The number of benzene rings is 1. The summed E-state index contributed by atoms with van der Waals surface area (Å²) in [7, 11) is 1.72. The van der Waals surface area contributed by atoms with Crippen LogP contribution >= 0.6 is 0 Å². The second-order valence-electron chi connectivity index (χ2n) is 5.67. The van der Waals surface area contributed by atoms with Crippen LogP contribution in [0.3, 0.4) is 0 Å². The number of carbonyl (C=O) groups is 1. The molecule has 124 valence electrons. The normalized spacial score (nSPS) is 12.0. The molecule has 2 amide bonds. The highest BCUT2D eigenvalue weighted by atomic mass is 16.3. The van der Waals surface area contributed by atoms with E-state index in [1.807, 2.05) is 29.0 Å². The van der Waals surface area contributed by atoms with Gasteiger partial charge < -0.3 is 19.9 Å². The molecule has 6 heteroatoms. The van der Waals surface area contributed by atoms with Crippen molar-refractivity contribution in [2.45, 2.75) is 32.5 Å². The average molecular weight is 316 g/mol. The number of nitrogens with zero attached hydrogens (tertiary/aromatic N) is 3. The number of imidazole rings is 1. The van der Waals surface area contributed by atoms with Crippen LogP contribution in [0.25, 0.3) is 0 Å². The van der Waals surface area contributed by atoms with Gasteiger partial charge in [-0.3, -0.25) is 0 Å². The zero-order chi connectivity index (χ0) is 16.7. The molecule has 2 N–H and O–H groups in total. The smallest absolute Gasteiger partial charge is 0.317 e.